The molecule has 486 valence electrons. The molecule has 14 atom stereocenters. The van der Waals surface area contributed by atoms with E-state index in [2.05, 4.69) is 149 Å². The van der Waals surface area contributed by atoms with Gasteiger partial charge in [0.15, 0.2) is 11.6 Å². The van der Waals surface area contributed by atoms with Gasteiger partial charge in [-0.05, 0) is 247 Å². The molecular formula is C75H123F3N6OS. The van der Waals surface area contributed by atoms with Crippen LogP contribution in [0.1, 0.15) is 248 Å². The second-order valence-corrected chi connectivity index (χ2v) is 30.4. The van der Waals surface area contributed by atoms with Gasteiger partial charge in [0, 0.05) is 29.4 Å². The Hall–Kier alpha value is -3.99. The Labute approximate surface area is 527 Å². The molecule has 11 heteroatoms. The van der Waals surface area contributed by atoms with Gasteiger partial charge in [-0.25, -0.2) is 19.9 Å². The monoisotopic (exact) mass is 1210 g/mol. The zero-order valence-corrected chi connectivity index (χ0v) is 58.9. The molecule has 10 aliphatic rings. The molecule has 6 bridgehead atoms. The molecule has 5 fully saturated rings. The highest BCUT2D eigenvalue weighted by Crippen LogP contribution is 2.51. The molecule has 0 saturated heterocycles. The van der Waals surface area contributed by atoms with E-state index in [-0.39, 0.29) is 4.88 Å². The number of aromatic nitrogens is 6. The summed E-state index contributed by atoms with van der Waals surface area (Å²) in [5.41, 5.74) is 5.89. The van der Waals surface area contributed by atoms with Crippen molar-refractivity contribution in [1.82, 2.24) is 29.9 Å². The molecular weight excluding hydrogens is 1090 g/mol. The molecule has 0 amide bonds. The van der Waals surface area contributed by atoms with Crippen LogP contribution in [0.3, 0.4) is 0 Å². The highest BCUT2D eigenvalue weighted by Gasteiger charge is 2.41. The summed E-state index contributed by atoms with van der Waals surface area (Å²) in [6, 6.07) is 0. The largest absolute Gasteiger partial charge is 0.446 e. The Bertz CT molecular complexity index is 2520. The summed E-state index contributed by atoms with van der Waals surface area (Å²) in [6.45, 7) is 44.8. The Morgan fingerprint density at radius 3 is 1.37 bits per heavy atom. The van der Waals surface area contributed by atoms with Crippen molar-refractivity contribution < 1.29 is 17.6 Å². The number of nitrogens with one attached hydrogen (secondary N) is 2. The van der Waals surface area contributed by atoms with Gasteiger partial charge in [-0.2, -0.15) is 13.2 Å². The Morgan fingerprint density at radius 2 is 1.09 bits per heavy atom. The highest BCUT2D eigenvalue weighted by atomic mass is 32.1. The quantitative estimate of drug-likeness (QED) is 0.171. The van der Waals surface area contributed by atoms with Crippen LogP contribution in [0.2, 0.25) is 0 Å². The number of rotatable bonds is 0. The number of nitrogens with zero attached hydrogens (tertiary/aromatic N) is 4. The van der Waals surface area contributed by atoms with Gasteiger partial charge in [-0.1, -0.05) is 143 Å². The van der Waals surface area contributed by atoms with Crippen LogP contribution < -0.4 is 0 Å². The number of allylic oxidation sites excluding steroid dienone is 8. The maximum Gasteiger partial charge on any atom is 0.434 e. The van der Waals surface area contributed by atoms with Crippen LogP contribution in [-0.2, 0) is 6.18 Å². The zero-order chi connectivity index (χ0) is 64.0. The van der Waals surface area contributed by atoms with Crippen LogP contribution in [0.4, 0.5) is 13.2 Å². The molecule has 0 aromatic carbocycles. The molecule has 5 saturated carbocycles. The van der Waals surface area contributed by atoms with Gasteiger partial charge in [-0.15, -0.1) is 11.3 Å². The fourth-order valence-corrected chi connectivity index (χ4v) is 14.9. The average Bonchev–Trinajstić information content (AvgIpc) is 4.15. The van der Waals surface area contributed by atoms with Crippen molar-refractivity contribution in [3.63, 3.8) is 0 Å². The molecule has 4 aromatic rings. The number of alkyl halides is 3. The van der Waals surface area contributed by atoms with Gasteiger partial charge < -0.3 is 14.4 Å². The van der Waals surface area contributed by atoms with Crippen molar-refractivity contribution in [2.45, 2.75) is 261 Å². The van der Waals surface area contributed by atoms with E-state index in [0.717, 1.165) is 141 Å². The Balaban J connectivity index is 0.000000205. The molecule has 86 heavy (non-hydrogen) atoms. The molecule has 14 unspecified atom stereocenters. The summed E-state index contributed by atoms with van der Waals surface area (Å²) in [7, 11) is 0. The smallest absolute Gasteiger partial charge is 0.434 e. The Kier molecular flexibility index (Phi) is 31.7. The van der Waals surface area contributed by atoms with Crippen LogP contribution in [0.25, 0.3) is 0 Å². The third-order valence-electron chi connectivity index (χ3n) is 20.3. The number of aryl methyl sites for hydroxylation is 9. The first kappa shape index (κ1) is 74.5. The second-order valence-electron chi connectivity index (χ2n) is 29.0. The number of halogens is 3. The van der Waals surface area contributed by atoms with Gasteiger partial charge in [0.25, 0.3) is 0 Å². The van der Waals surface area contributed by atoms with Crippen LogP contribution in [0.5, 0.6) is 0 Å². The predicted octanol–water partition coefficient (Wildman–Crippen LogP) is 23.2. The first-order chi connectivity index (χ1) is 40.4. The molecule has 2 N–H and O–H groups in total. The van der Waals surface area contributed by atoms with E-state index in [1.807, 2.05) is 54.7 Å². The molecule has 0 spiro atoms. The number of fused-ring (bicyclic) bond motifs is 6. The summed E-state index contributed by atoms with van der Waals surface area (Å²) in [6.07, 6.45) is 38.1. The number of imidazole rings is 2. The molecule has 4 heterocycles. The fourth-order valence-electron chi connectivity index (χ4n) is 14.1. The minimum absolute atomic E-state index is 0.231. The third kappa shape index (κ3) is 27.0. The van der Waals surface area contributed by atoms with E-state index in [1.165, 1.54) is 115 Å². The SMILES string of the molecule is CC1=CC2CC1CC2C.CC1=CCC(C)CC1.CC1C=CCC(C)CC1.CC1CC2C=CC1CC2C.CC1CC2CC1CC2C.CC1CCC(C)CC1.Cc1cnc(C)[nH]1.Cc1cnc(C)o1.Cc1nc(C(F)(F)F)c(C)s1.Cc1nc(C)c(C)[nH]1. The topological polar surface area (TPSA) is 96.3 Å². The lowest BCUT2D eigenvalue weighted by atomic mass is 9.65. The van der Waals surface area contributed by atoms with Gasteiger partial charge in [0.1, 0.15) is 17.4 Å². The highest BCUT2D eigenvalue weighted by molar-refractivity contribution is 7.11. The molecule has 10 aliphatic carbocycles. The zero-order valence-electron chi connectivity index (χ0n) is 58.1. The van der Waals surface area contributed by atoms with Crippen LogP contribution in [-0.4, -0.2) is 29.9 Å². The maximum absolute atomic E-state index is 12.0. The Morgan fingerprint density at radius 1 is 0.535 bits per heavy atom. The predicted molar refractivity (Wildman–Crippen MR) is 360 cm³/mol. The van der Waals surface area contributed by atoms with Gasteiger partial charge >= 0.3 is 6.18 Å². The number of aromatic amines is 2. The van der Waals surface area contributed by atoms with Crippen molar-refractivity contribution in [3.8, 4) is 0 Å². The van der Waals surface area contributed by atoms with E-state index in [9.17, 15) is 13.2 Å². The second kappa shape index (κ2) is 36.6. The van der Waals surface area contributed by atoms with Gasteiger partial charge in [0.2, 0.25) is 0 Å². The summed E-state index contributed by atoms with van der Waals surface area (Å²) >= 11 is 1.06. The van der Waals surface area contributed by atoms with Crippen LogP contribution in [0, 0.1) is 157 Å². The van der Waals surface area contributed by atoms with E-state index >= 15 is 0 Å². The van der Waals surface area contributed by atoms with E-state index in [4.69, 9.17) is 4.42 Å². The van der Waals surface area contributed by atoms with Crippen molar-refractivity contribution in [3.05, 3.63) is 116 Å². The van der Waals surface area contributed by atoms with Crippen molar-refractivity contribution in [2.24, 2.45) is 94.7 Å². The van der Waals surface area contributed by atoms with Crippen LogP contribution in [0.15, 0.2) is 64.4 Å². The first-order valence-corrected chi connectivity index (χ1v) is 34.8. The minimum atomic E-state index is -4.30. The van der Waals surface area contributed by atoms with Crippen LogP contribution >= 0.6 is 11.3 Å². The number of hydrogen-bond acceptors (Lipinski definition) is 6. The molecule has 0 radical (unpaired) electrons. The third-order valence-corrected chi connectivity index (χ3v) is 21.2. The lowest BCUT2D eigenvalue weighted by Crippen LogP contribution is -2.31. The first-order valence-electron chi connectivity index (χ1n) is 33.9. The van der Waals surface area contributed by atoms with Crippen molar-refractivity contribution >= 4 is 11.3 Å². The van der Waals surface area contributed by atoms with Crippen molar-refractivity contribution in [2.75, 3.05) is 0 Å². The van der Waals surface area contributed by atoms with Crippen molar-refractivity contribution in [1.29, 1.82) is 0 Å². The number of oxazole rings is 1. The molecule has 7 nitrogen and oxygen atoms in total. The summed E-state index contributed by atoms with van der Waals surface area (Å²) in [5.74, 6) is 19.4. The number of thiazole rings is 1. The van der Waals surface area contributed by atoms with Gasteiger partial charge in [-0.3, -0.25) is 0 Å². The van der Waals surface area contributed by atoms with E-state index < -0.39 is 11.9 Å². The fraction of sp³-hybridized carbons (Fsp3) is 0.733. The minimum Gasteiger partial charge on any atom is -0.446 e. The molecule has 14 rings (SSSR count). The standard InChI is InChI=1S/C10H16.C9H16.C9H14.C9H16.C8H16.C8H14.C6H6F3NS.C6H10N2.C5H8N2.C5H7NO/c1-7-5-10-4-3-9(7)6-8(10)2;2*1-6-3-9-5-8(6)4-7(9)2;1-8-4-3-5-9(2)7-6-8;2*1-7-3-5-8(2)6-4-7;1-3-5(6(7,8)9)10-4(2)11-3;1-4-5(2)8-6(3)7-4;2*1-4-3-6-5(2)7-4/h3-4,7-10H,5-6H2,1-2H3;6-9H,3-5H2,1-2H3;3,7-9H,4-5H2,1-2H3;3-4,8-9H,5-7H2,1-2H3;7-8H,3-6H2,1-2H3;3,8H,4-6H2,1-2H3;1-2H3;1-3H3,(H,7,8);3H,1-2H3,(H,6,7);3H,1-2H3. The van der Waals surface area contributed by atoms with Gasteiger partial charge in [0.05, 0.1) is 16.9 Å². The normalized spacial score (nSPS) is 31.2. The molecule has 0 aliphatic heterocycles. The summed E-state index contributed by atoms with van der Waals surface area (Å²) in [5, 5.41) is 0.454. The summed E-state index contributed by atoms with van der Waals surface area (Å²) < 4.78 is 41.0. The summed E-state index contributed by atoms with van der Waals surface area (Å²) in [4.78, 5) is 21.7. The lowest BCUT2D eigenvalue weighted by Gasteiger charge is -2.40. The maximum atomic E-state index is 12.0. The lowest BCUT2D eigenvalue weighted by molar-refractivity contribution is -0.141. The molecule has 4 aromatic heterocycles. The number of H-pyrrole nitrogens is 2. The van der Waals surface area contributed by atoms with E-state index in [1.54, 1.807) is 30.7 Å². The average molecular weight is 1210 g/mol. The number of hydrogen-bond donors (Lipinski definition) is 2. The van der Waals surface area contributed by atoms with E-state index in [0.29, 0.717) is 5.01 Å².